The summed E-state index contributed by atoms with van der Waals surface area (Å²) in [4.78, 5) is 55.8. The van der Waals surface area contributed by atoms with Gasteiger partial charge in [-0.25, -0.2) is 4.79 Å². The number of carboxylic acids is 1. The van der Waals surface area contributed by atoms with Crippen LogP contribution in [0.2, 0.25) is 0 Å². The molecular formula is C33H32N4O5. The summed E-state index contributed by atoms with van der Waals surface area (Å²) < 4.78 is 0. The standard InChI is InChI=1S/C33H32N4O5/c1-20-12-13-22-8-4-5-9-25(22)26(20)18-36-28-10-6-7-11-29(28)37(19-27(32(36)40)35-30(38)21(2)34-3)31(39)23-14-16-24(17-15-23)33(41)42/h4-17,21,27,34H,18-19H2,1-3H3,(H,35,38)(H,41,42)/t21-,27-/m0/s1. The van der Waals surface area contributed by atoms with E-state index in [0.29, 0.717) is 11.4 Å². The van der Waals surface area contributed by atoms with Crippen molar-refractivity contribution in [1.29, 1.82) is 0 Å². The van der Waals surface area contributed by atoms with Crippen LogP contribution >= 0.6 is 0 Å². The van der Waals surface area contributed by atoms with Crippen LogP contribution in [0.1, 0.15) is 38.8 Å². The minimum absolute atomic E-state index is 0.0563. The van der Waals surface area contributed by atoms with E-state index in [0.717, 1.165) is 21.9 Å². The smallest absolute Gasteiger partial charge is 0.335 e. The van der Waals surface area contributed by atoms with Gasteiger partial charge in [0.2, 0.25) is 5.91 Å². The maximum Gasteiger partial charge on any atom is 0.335 e. The summed E-state index contributed by atoms with van der Waals surface area (Å²) in [5.41, 5.74) is 3.33. The van der Waals surface area contributed by atoms with Crippen LogP contribution in [0.4, 0.5) is 11.4 Å². The lowest BCUT2D eigenvalue weighted by atomic mass is 9.99. The first-order valence-electron chi connectivity index (χ1n) is 13.7. The Kier molecular flexibility index (Phi) is 8.04. The summed E-state index contributed by atoms with van der Waals surface area (Å²) in [6.07, 6.45) is 0. The number of anilines is 2. The zero-order chi connectivity index (χ0) is 30.0. The van der Waals surface area contributed by atoms with Gasteiger partial charge in [0.1, 0.15) is 6.04 Å². The number of aryl methyl sites for hydroxylation is 1. The highest BCUT2D eigenvalue weighted by molar-refractivity contribution is 6.13. The topological polar surface area (TPSA) is 119 Å². The maximum absolute atomic E-state index is 14.3. The molecule has 214 valence electrons. The molecule has 0 fully saturated rings. The fourth-order valence-corrected chi connectivity index (χ4v) is 5.20. The monoisotopic (exact) mass is 564 g/mol. The number of carbonyl (C=O) groups is 4. The molecule has 1 aliphatic rings. The first-order chi connectivity index (χ1) is 20.2. The third kappa shape index (κ3) is 5.46. The molecule has 0 radical (unpaired) electrons. The van der Waals surface area contributed by atoms with E-state index in [1.165, 1.54) is 29.2 Å². The molecule has 0 unspecified atom stereocenters. The van der Waals surface area contributed by atoms with Gasteiger partial charge in [0.05, 0.1) is 36.1 Å². The average Bonchev–Trinajstić information content (AvgIpc) is 3.12. The Morgan fingerprint density at radius 3 is 2.24 bits per heavy atom. The van der Waals surface area contributed by atoms with E-state index in [2.05, 4.69) is 10.6 Å². The minimum atomic E-state index is -1.10. The quantitative estimate of drug-likeness (QED) is 0.311. The van der Waals surface area contributed by atoms with Crippen molar-refractivity contribution < 1.29 is 24.3 Å². The van der Waals surface area contributed by atoms with Crippen LogP contribution in [0.3, 0.4) is 0 Å². The first-order valence-corrected chi connectivity index (χ1v) is 13.7. The molecule has 1 heterocycles. The van der Waals surface area contributed by atoms with Crippen LogP contribution in [0, 0.1) is 6.92 Å². The number of para-hydroxylation sites is 2. The van der Waals surface area contributed by atoms with Gasteiger partial charge in [0, 0.05) is 5.56 Å². The van der Waals surface area contributed by atoms with E-state index in [1.54, 1.807) is 43.1 Å². The van der Waals surface area contributed by atoms with Crippen LogP contribution < -0.4 is 20.4 Å². The third-order valence-electron chi connectivity index (χ3n) is 7.75. The van der Waals surface area contributed by atoms with Crippen molar-refractivity contribution in [3.05, 3.63) is 107 Å². The molecule has 5 rings (SSSR count). The van der Waals surface area contributed by atoms with E-state index in [-0.39, 0.29) is 36.0 Å². The highest BCUT2D eigenvalue weighted by Gasteiger charge is 2.38. The molecule has 0 aromatic heterocycles. The van der Waals surface area contributed by atoms with E-state index >= 15 is 0 Å². The van der Waals surface area contributed by atoms with Gasteiger partial charge in [0.25, 0.3) is 11.8 Å². The van der Waals surface area contributed by atoms with Gasteiger partial charge in [-0.2, -0.15) is 0 Å². The summed E-state index contributed by atoms with van der Waals surface area (Å²) in [6, 6.07) is 23.2. The molecular weight excluding hydrogens is 532 g/mol. The lowest BCUT2D eigenvalue weighted by Gasteiger charge is -2.27. The molecule has 3 amide bonds. The number of aromatic carboxylic acids is 1. The molecule has 0 aliphatic carbocycles. The van der Waals surface area contributed by atoms with Crippen LogP contribution in [0.5, 0.6) is 0 Å². The summed E-state index contributed by atoms with van der Waals surface area (Å²) in [5, 5.41) is 17.1. The van der Waals surface area contributed by atoms with Crippen molar-refractivity contribution in [2.45, 2.75) is 32.5 Å². The molecule has 4 aromatic carbocycles. The zero-order valence-electron chi connectivity index (χ0n) is 23.6. The molecule has 0 saturated heterocycles. The number of benzene rings is 4. The van der Waals surface area contributed by atoms with Crippen molar-refractivity contribution >= 4 is 45.8 Å². The fraction of sp³-hybridized carbons (Fsp3) is 0.212. The second-order valence-corrected chi connectivity index (χ2v) is 10.4. The molecule has 0 spiro atoms. The van der Waals surface area contributed by atoms with Crippen molar-refractivity contribution in [2.75, 3.05) is 23.4 Å². The Bertz CT molecular complexity index is 1680. The molecule has 0 saturated carbocycles. The van der Waals surface area contributed by atoms with Gasteiger partial charge < -0.3 is 25.5 Å². The summed E-state index contributed by atoms with van der Waals surface area (Å²) in [5.74, 6) is -2.24. The number of hydrogen-bond acceptors (Lipinski definition) is 5. The van der Waals surface area contributed by atoms with Crippen LogP contribution in [-0.4, -0.2) is 54.5 Å². The van der Waals surface area contributed by atoms with Crippen molar-refractivity contribution in [3.8, 4) is 0 Å². The second-order valence-electron chi connectivity index (χ2n) is 10.4. The van der Waals surface area contributed by atoms with E-state index in [4.69, 9.17) is 0 Å². The van der Waals surface area contributed by atoms with Crippen LogP contribution in [0.25, 0.3) is 10.8 Å². The number of fused-ring (bicyclic) bond motifs is 2. The lowest BCUT2D eigenvalue weighted by Crippen LogP contribution is -2.55. The fourth-order valence-electron chi connectivity index (χ4n) is 5.20. The van der Waals surface area contributed by atoms with Crippen LogP contribution in [-0.2, 0) is 16.1 Å². The minimum Gasteiger partial charge on any atom is -0.478 e. The number of amides is 3. The number of rotatable bonds is 7. The Labute approximate surface area is 243 Å². The Hall–Kier alpha value is -5.02. The van der Waals surface area contributed by atoms with Gasteiger partial charge in [-0.3, -0.25) is 14.4 Å². The molecule has 9 nitrogen and oxygen atoms in total. The summed E-state index contributed by atoms with van der Waals surface area (Å²) in [6.45, 7) is 3.81. The molecule has 1 aliphatic heterocycles. The second kappa shape index (κ2) is 11.8. The van der Waals surface area contributed by atoms with E-state index < -0.39 is 24.0 Å². The summed E-state index contributed by atoms with van der Waals surface area (Å²) >= 11 is 0. The number of carbonyl (C=O) groups excluding carboxylic acids is 3. The SMILES string of the molecule is CN[C@@H](C)C(=O)N[C@H]1CN(C(=O)c2ccc(C(=O)O)cc2)c2ccccc2N(Cc2c(C)ccc3ccccc23)C1=O. The molecule has 0 bridgehead atoms. The molecule has 4 aromatic rings. The van der Waals surface area contributed by atoms with E-state index in [1.807, 2.05) is 43.3 Å². The number of nitrogens with one attached hydrogen (secondary N) is 2. The zero-order valence-corrected chi connectivity index (χ0v) is 23.6. The number of likely N-dealkylation sites (N-methyl/N-ethyl adjacent to an activating group) is 1. The molecule has 42 heavy (non-hydrogen) atoms. The number of hydrogen-bond donors (Lipinski definition) is 3. The van der Waals surface area contributed by atoms with Gasteiger partial charge in [0.15, 0.2) is 0 Å². The van der Waals surface area contributed by atoms with Gasteiger partial charge in [-0.05, 0) is 79.2 Å². The summed E-state index contributed by atoms with van der Waals surface area (Å²) in [7, 11) is 1.65. The Balaban J connectivity index is 1.62. The maximum atomic E-state index is 14.3. The van der Waals surface area contributed by atoms with Crippen molar-refractivity contribution in [1.82, 2.24) is 10.6 Å². The number of carboxylic acid groups (broad SMARTS) is 1. The predicted octanol–water partition coefficient (Wildman–Crippen LogP) is 4.13. The van der Waals surface area contributed by atoms with Gasteiger partial charge in [-0.1, -0.05) is 48.5 Å². The van der Waals surface area contributed by atoms with Crippen LogP contribution in [0.15, 0.2) is 84.9 Å². The Morgan fingerprint density at radius 1 is 0.905 bits per heavy atom. The Morgan fingerprint density at radius 2 is 1.55 bits per heavy atom. The van der Waals surface area contributed by atoms with E-state index in [9.17, 15) is 24.3 Å². The lowest BCUT2D eigenvalue weighted by molar-refractivity contribution is -0.128. The molecule has 2 atom stereocenters. The van der Waals surface area contributed by atoms with Gasteiger partial charge >= 0.3 is 5.97 Å². The van der Waals surface area contributed by atoms with Crippen molar-refractivity contribution in [3.63, 3.8) is 0 Å². The molecule has 9 heteroatoms. The highest BCUT2D eigenvalue weighted by Crippen LogP contribution is 2.36. The average molecular weight is 565 g/mol. The van der Waals surface area contributed by atoms with Crippen molar-refractivity contribution in [2.24, 2.45) is 0 Å². The first kappa shape index (κ1) is 28.5. The number of nitrogens with zero attached hydrogens (tertiary/aromatic N) is 2. The third-order valence-corrected chi connectivity index (χ3v) is 7.75. The normalized spacial score (nSPS) is 15.6. The molecule has 3 N–H and O–H groups in total. The van der Waals surface area contributed by atoms with Gasteiger partial charge in [-0.15, -0.1) is 0 Å². The highest BCUT2D eigenvalue weighted by atomic mass is 16.4. The predicted molar refractivity (Wildman–Crippen MR) is 162 cm³/mol. The largest absolute Gasteiger partial charge is 0.478 e.